The number of H-pyrrole nitrogens is 2. The summed E-state index contributed by atoms with van der Waals surface area (Å²) in [5.41, 5.74) is -0.799. The predicted octanol–water partition coefficient (Wildman–Crippen LogP) is 3.33. The van der Waals surface area contributed by atoms with Crippen LogP contribution in [0.4, 0.5) is 13.2 Å². The van der Waals surface area contributed by atoms with Gasteiger partial charge >= 0.3 is 5.69 Å². The molecule has 0 aliphatic carbocycles. The van der Waals surface area contributed by atoms with Gasteiger partial charge in [-0.05, 0) is 37.5 Å². The number of aromatic amines is 2. The molecule has 0 fully saturated rings. The molecule has 0 aliphatic heterocycles. The summed E-state index contributed by atoms with van der Waals surface area (Å²) in [4.78, 5) is 41.5. The SMILES string of the molecule is CC(C)CCC(=O)NC(C)c1ncc(F)cc1F.O=c1[nH]c(=O)c2cc(F)ccc2[nH]1. The van der Waals surface area contributed by atoms with Gasteiger partial charge in [0, 0.05) is 12.5 Å². The number of hydrogen-bond donors (Lipinski definition) is 3. The minimum atomic E-state index is -0.744. The van der Waals surface area contributed by atoms with Gasteiger partial charge in [-0.3, -0.25) is 19.6 Å². The maximum atomic E-state index is 13.4. The Labute approximate surface area is 175 Å². The smallest absolute Gasteiger partial charge is 0.326 e. The minimum Gasteiger partial charge on any atom is -0.348 e. The summed E-state index contributed by atoms with van der Waals surface area (Å²) < 4.78 is 38.8. The van der Waals surface area contributed by atoms with Gasteiger partial charge in [0.25, 0.3) is 5.56 Å². The number of nitrogens with one attached hydrogen (secondary N) is 3. The van der Waals surface area contributed by atoms with Gasteiger partial charge in [-0.25, -0.2) is 18.0 Å². The third-order valence-corrected chi connectivity index (χ3v) is 4.27. The molecule has 0 bridgehead atoms. The zero-order valence-electron chi connectivity index (χ0n) is 17.3. The molecule has 0 aliphatic rings. The average molecular weight is 436 g/mol. The summed E-state index contributed by atoms with van der Waals surface area (Å²) >= 11 is 0. The fourth-order valence-corrected chi connectivity index (χ4v) is 2.68. The number of benzene rings is 1. The van der Waals surface area contributed by atoms with Crippen molar-refractivity contribution < 1.29 is 18.0 Å². The van der Waals surface area contributed by atoms with Crippen LogP contribution in [0.3, 0.4) is 0 Å². The molecular formula is C21H23F3N4O3. The van der Waals surface area contributed by atoms with Crippen molar-refractivity contribution in [3.05, 3.63) is 74.4 Å². The molecular weight excluding hydrogens is 413 g/mol. The third kappa shape index (κ3) is 7.09. The zero-order valence-corrected chi connectivity index (χ0v) is 17.3. The number of fused-ring (bicyclic) bond motifs is 1. The molecule has 166 valence electrons. The molecule has 3 N–H and O–H groups in total. The Morgan fingerprint density at radius 3 is 2.42 bits per heavy atom. The lowest BCUT2D eigenvalue weighted by Gasteiger charge is -2.14. The molecule has 3 rings (SSSR count). The number of hydrogen-bond acceptors (Lipinski definition) is 4. The molecule has 1 aromatic carbocycles. The van der Waals surface area contributed by atoms with Gasteiger partial charge in [0.1, 0.15) is 17.5 Å². The van der Waals surface area contributed by atoms with E-state index in [-0.39, 0.29) is 17.0 Å². The summed E-state index contributed by atoms with van der Waals surface area (Å²) in [5.74, 6) is -1.69. The van der Waals surface area contributed by atoms with Gasteiger partial charge in [-0.1, -0.05) is 13.8 Å². The van der Waals surface area contributed by atoms with Crippen LogP contribution in [-0.4, -0.2) is 20.9 Å². The molecule has 0 radical (unpaired) electrons. The molecule has 0 saturated heterocycles. The number of amides is 1. The van der Waals surface area contributed by atoms with Crippen LogP contribution in [0.15, 0.2) is 40.1 Å². The van der Waals surface area contributed by atoms with Crippen LogP contribution in [0.5, 0.6) is 0 Å². The summed E-state index contributed by atoms with van der Waals surface area (Å²) in [5, 5.41) is 2.79. The number of rotatable bonds is 5. The van der Waals surface area contributed by atoms with E-state index in [0.717, 1.165) is 24.8 Å². The molecule has 31 heavy (non-hydrogen) atoms. The quantitative estimate of drug-likeness (QED) is 0.570. The van der Waals surface area contributed by atoms with Gasteiger partial charge in [0.05, 0.1) is 28.8 Å². The Balaban J connectivity index is 0.000000231. The van der Waals surface area contributed by atoms with Crippen molar-refractivity contribution in [1.82, 2.24) is 20.3 Å². The number of carbonyl (C=O) groups excluding carboxylic acids is 1. The molecule has 1 unspecified atom stereocenters. The molecule has 3 aromatic rings. The van der Waals surface area contributed by atoms with E-state index in [4.69, 9.17) is 0 Å². The van der Waals surface area contributed by atoms with Crippen molar-refractivity contribution in [3.63, 3.8) is 0 Å². The largest absolute Gasteiger partial charge is 0.348 e. The van der Waals surface area contributed by atoms with E-state index >= 15 is 0 Å². The number of aromatic nitrogens is 3. The first kappa shape index (κ1) is 23.8. The lowest BCUT2D eigenvalue weighted by Crippen LogP contribution is -2.28. The van der Waals surface area contributed by atoms with Gasteiger partial charge in [-0.15, -0.1) is 0 Å². The van der Waals surface area contributed by atoms with Crippen molar-refractivity contribution in [2.75, 3.05) is 0 Å². The Hall–Kier alpha value is -3.43. The molecule has 1 atom stereocenters. The minimum absolute atomic E-state index is 0.0503. The number of pyridine rings is 1. The van der Waals surface area contributed by atoms with E-state index in [2.05, 4.69) is 15.3 Å². The fourth-order valence-electron chi connectivity index (χ4n) is 2.68. The second-order valence-corrected chi connectivity index (χ2v) is 7.34. The van der Waals surface area contributed by atoms with Crippen molar-refractivity contribution in [3.8, 4) is 0 Å². The van der Waals surface area contributed by atoms with E-state index < -0.39 is 34.7 Å². The van der Waals surface area contributed by atoms with Gasteiger partial charge in [-0.2, -0.15) is 0 Å². The van der Waals surface area contributed by atoms with Crippen LogP contribution in [0.2, 0.25) is 0 Å². The van der Waals surface area contributed by atoms with Crippen LogP contribution in [0.1, 0.15) is 45.3 Å². The van der Waals surface area contributed by atoms with Crippen molar-refractivity contribution in [2.45, 2.75) is 39.7 Å². The Morgan fingerprint density at radius 2 is 1.77 bits per heavy atom. The Bertz CT molecular complexity index is 1170. The van der Waals surface area contributed by atoms with Crippen molar-refractivity contribution in [1.29, 1.82) is 0 Å². The lowest BCUT2D eigenvalue weighted by atomic mass is 10.1. The Kier molecular flexibility index (Phi) is 8.12. The predicted molar refractivity (Wildman–Crippen MR) is 110 cm³/mol. The zero-order chi connectivity index (χ0) is 23.1. The topological polar surface area (TPSA) is 108 Å². The highest BCUT2D eigenvalue weighted by Crippen LogP contribution is 2.15. The average Bonchev–Trinajstić information content (AvgIpc) is 2.67. The van der Waals surface area contributed by atoms with Crippen LogP contribution >= 0.6 is 0 Å². The van der Waals surface area contributed by atoms with E-state index in [1.807, 2.05) is 18.8 Å². The van der Waals surface area contributed by atoms with E-state index in [0.29, 0.717) is 17.9 Å². The molecule has 2 aromatic heterocycles. The van der Waals surface area contributed by atoms with Crippen molar-refractivity contribution >= 4 is 16.8 Å². The molecule has 2 heterocycles. The third-order valence-electron chi connectivity index (χ3n) is 4.27. The highest BCUT2D eigenvalue weighted by Gasteiger charge is 2.15. The number of halogens is 3. The molecule has 0 spiro atoms. The van der Waals surface area contributed by atoms with Crippen LogP contribution in [-0.2, 0) is 4.79 Å². The molecule has 10 heteroatoms. The second-order valence-electron chi connectivity index (χ2n) is 7.34. The van der Waals surface area contributed by atoms with Gasteiger partial charge < -0.3 is 10.3 Å². The first-order valence-electron chi connectivity index (χ1n) is 9.59. The van der Waals surface area contributed by atoms with Crippen molar-refractivity contribution in [2.24, 2.45) is 5.92 Å². The molecule has 1 amide bonds. The first-order chi connectivity index (χ1) is 14.6. The summed E-state index contributed by atoms with van der Waals surface area (Å²) in [6, 6.07) is 3.80. The van der Waals surface area contributed by atoms with Crippen LogP contribution in [0, 0.1) is 23.4 Å². The lowest BCUT2D eigenvalue weighted by molar-refractivity contribution is -0.122. The maximum Gasteiger partial charge on any atom is 0.326 e. The van der Waals surface area contributed by atoms with Gasteiger partial charge in [0.15, 0.2) is 0 Å². The van der Waals surface area contributed by atoms with E-state index in [1.165, 1.54) is 12.1 Å². The maximum absolute atomic E-state index is 13.4. The number of carbonyl (C=O) groups is 1. The first-order valence-corrected chi connectivity index (χ1v) is 9.59. The normalized spacial score (nSPS) is 11.7. The fraction of sp³-hybridized carbons (Fsp3) is 0.333. The monoisotopic (exact) mass is 436 g/mol. The van der Waals surface area contributed by atoms with E-state index in [9.17, 15) is 27.6 Å². The van der Waals surface area contributed by atoms with E-state index in [1.54, 1.807) is 6.92 Å². The van der Waals surface area contributed by atoms with Crippen LogP contribution < -0.4 is 16.6 Å². The highest BCUT2D eigenvalue weighted by molar-refractivity contribution is 5.77. The second kappa shape index (κ2) is 10.6. The summed E-state index contributed by atoms with van der Waals surface area (Å²) in [6.07, 6.45) is 2.11. The van der Waals surface area contributed by atoms with Gasteiger partial charge in [0.2, 0.25) is 5.91 Å². The number of nitrogens with zero attached hydrogens (tertiary/aromatic N) is 1. The summed E-state index contributed by atoms with van der Waals surface area (Å²) in [7, 11) is 0. The highest BCUT2D eigenvalue weighted by atomic mass is 19.1. The Morgan fingerprint density at radius 1 is 1.06 bits per heavy atom. The summed E-state index contributed by atoms with van der Waals surface area (Å²) in [6.45, 7) is 5.67. The molecule has 7 nitrogen and oxygen atoms in total. The van der Waals surface area contributed by atoms with Crippen LogP contribution in [0.25, 0.3) is 10.9 Å². The standard InChI is InChI=1S/C13H18F2N2O.C8H5FN2O2/c1-8(2)4-5-12(18)17-9(3)13-11(15)6-10(14)7-16-13;9-4-1-2-6-5(3-4)7(12)11-8(13)10-6/h6-9H,4-5H2,1-3H3,(H,17,18);1-3H,(H2,10,11,12,13). The molecule has 0 saturated carbocycles.